The zero-order valence-corrected chi connectivity index (χ0v) is 55.3. The van der Waals surface area contributed by atoms with Crippen molar-refractivity contribution in [1.29, 1.82) is 0 Å². The van der Waals surface area contributed by atoms with Crippen molar-refractivity contribution in [2.45, 2.75) is 53.1 Å². The number of carbonyl (C=O) groups is 2. The number of aromatic amines is 4. The summed E-state index contributed by atoms with van der Waals surface area (Å²) in [6.45, 7) is 31.3. The van der Waals surface area contributed by atoms with Crippen molar-refractivity contribution in [3.8, 4) is 0 Å². The molecule has 0 bridgehead atoms. The van der Waals surface area contributed by atoms with Crippen molar-refractivity contribution in [1.82, 2.24) is 92.5 Å². The molecule has 11 aromatic rings. The van der Waals surface area contributed by atoms with Gasteiger partial charge in [0.15, 0.2) is 22.6 Å². The fourth-order valence-electron chi connectivity index (χ4n) is 8.06. The number of allylic oxidation sites excluding steroid dienone is 5. The minimum absolute atomic E-state index is 0.0910. The van der Waals surface area contributed by atoms with Crippen molar-refractivity contribution in [2.24, 2.45) is 0 Å². The van der Waals surface area contributed by atoms with Gasteiger partial charge in [-0.3, -0.25) is 67.5 Å². The molecule has 0 radical (unpaired) electrons. The van der Waals surface area contributed by atoms with Gasteiger partial charge in [0.05, 0.1) is 19.2 Å². The molecule has 0 spiro atoms. The largest absolute Gasteiger partial charge is 0.383 e. The first-order chi connectivity index (χ1) is 48.4. The molecule has 0 saturated carbocycles. The first kappa shape index (κ1) is 77.4. The van der Waals surface area contributed by atoms with Gasteiger partial charge in [0.2, 0.25) is 11.9 Å². The predicted molar refractivity (Wildman–Crippen MR) is 390 cm³/mol. The third-order valence-electron chi connectivity index (χ3n) is 13.0. The van der Waals surface area contributed by atoms with Gasteiger partial charge in [-0.2, -0.15) is 15.0 Å². The number of H-pyrrole nitrogens is 4. The summed E-state index contributed by atoms with van der Waals surface area (Å²) in [5.74, 6) is 0.829. The van der Waals surface area contributed by atoms with E-state index in [1.165, 1.54) is 68.7 Å². The highest BCUT2D eigenvalue weighted by atomic mass is 16.2. The SMILES string of the molecule is C=CCn1cc(C)c(=O)[nH]c1=O.C=CCn1ccc(=O)[nH]c1=O.C=CCn1ccc(N)nc1=O.C=CCn1cnc2c(=O)[nH]c(N)nc21.C=CCn1cnc2c(N)ncnc21.C=Cc1ccc(C(=O)Nc2ccnc(NC(=O)NC)n2)cc1.C=Cc1ccc(Cn2cc(C)c(=O)[nH]c2=O)cc1. The molecule has 0 fully saturated rings. The molecule has 34 heteroatoms. The lowest BCUT2D eigenvalue weighted by Gasteiger charge is -2.07. The Bertz CT molecular complexity index is 5240. The predicted octanol–water partition coefficient (Wildman–Crippen LogP) is 3.91. The number of benzene rings is 2. The lowest BCUT2D eigenvalue weighted by atomic mass is 10.1. The maximum absolute atomic E-state index is 12.1. The minimum Gasteiger partial charge on any atom is -0.383 e. The van der Waals surface area contributed by atoms with Crippen LogP contribution in [0.2, 0.25) is 0 Å². The second-order valence-electron chi connectivity index (χ2n) is 20.5. The van der Waals surface area contributed by atoms with Crippen molar-refractivity contribution in [2.75, 3.05) is 34.9 Å². The molecule has 0 saturated heterocycles. The molecule has 9 heterocycles. The molecule has 3 amide bonds. The average Bonchev–Trinajstić information content (AvgIpc) is 1.70. The summed E-state index contributed by atoms with van der Waals surface area (Å²) in [6.07, 6.45) is 23.9. The van der Waals surface area contributed by atoms with Crippen LogP contribution in [-0.4, -0.2) is 106 Å². The lowest BCUT2D eigenvalue weighted by Crippen LogP contribution is -2.31. The van der Waals surface area contributed by atoms with E-state index in [2.05, 4.69) is 122 Å². The second-order valence-corrected chi connectivity index (χ2v) is 20.5. The number of rotatable bonds is 17. The van der Waals surface area contributed by atoms with Crippen LogP contribution in [0.4, 0.5) is 34.1 Å². The number of aromatic nitrogens is 18. The Labute approximate surface area is 573 Å². The summed E-state index contributed by atoms with van der Waals surface area (Å²) in [5.41, 5.74) is 20.0. The molecule has 0 aliphatic carbocycles. The molecule has 0 aliphatic rings. The standard InChI is InChI=1S/C15H15N5O2.C14H14N2O2.C8H9N5O.C8H9N5.C8H10N2O2.C7H9N3O.C7H8N2O2/c1-3-10-4-6-11(7-5-10)13(21)18-12-8-9-17-14(19-12)20-15(22)16-2;1-3-11-4-6-12(7-5-11)9-16-8-10(2)13(17)15-14(16)18;1-2-3-13-4-10-5-6(13)11-8(9)12-7(5)14;1-2-3-13-5-12-6-7(9)10-4-11-8(6)13;1-3-4-10-5-6(2)7(11)9-8(10)12;1-2-4-10-5-3-6(8)9-7(10)11;1-2-4-9-5-3-6(10)8-7(9)11/h3-9H,1H2,2H3,(H3,16,17,18,19,20,21,22);3-8H,1,9H2,2H3,(H,15,17,18);2,4H,1,3H2,(H3,9,11,12,14);2,4-5H,1,3H2,(H2,9,10,11);3,5H,1,4H2,2H3,(H,9,11,12);2-3,5H,1,4H2,(H2,8,9,11);2-3,5H,1,4H2,(H,8,10,11). The number of imidazole rings is 2. The molecule has 11 rings (SSSR count). The summed E-state index contributed by atoms with van der Waals surface area (Å²) in [6, 6.07) is 18.7. The van der Waals surface area contributed by atoms with E-state index in [0.717, 1.165) is 22.3 Å². The fraction of sp³-hybridized carbons (Fsp3) is 0.134. The number of hydrogen-bond donors (Lipinski definition) is 10. The molecular formula is C67H74N24O10. The summed E-state index contributed by atoms with van der Waals surface area (Å²) >= 11 is 0. The molecular weight excluding hydrogens is 1300 g/mol. The summed E-state index contributed by atoms with van der Waals surface area (Å²) < 4.78 is 9.22. The normalized spacial score (nSPS) is 9.97. The quantitative estimate of drug-likeness (QED) is 0.0578. The van der Waals surface area contributed by atoms with Crippen LogP contribution in [0.3, 0.4) is 0 Å². The van der Waals surface area contributed by atoms with Gasteiger partial charge in [-0.05, 0) is 54.8 Å². The number of urea groups is 1. The third kappa shape index (κ3) is 23.8. The van der Waals surface area contributed by atoms with E-state index in [1.54, 1.807) is 110 Å². The van der Waals surface area contributed by atoms with E-state index in [0.29, 0.717) is 84.3 Å². The first-order valence-corrected chi connectivity index (χ1v) is 29.9. The van der Waals surface area contributed by atoms with E-state index >= 15 is 0 Å². The number of nitrogens with one attached hydrogen (secondary N) is 7. The maximum atomic E-state index is 12.1. The van der Waals surface area contributed by atoms with Gasteiger partial charge in [0.25, 0.3) is 28.1 Å². The topological polar surface area (TPSA) is 481 Å². The van der Waals surface area contributed by atoms with Crippen LogP contribution in [0.25, 0.3) is 34.5 Å². The van der Waals surface area contributed by atoms with Crippen molar-refractivity contribution in [3.05, 3.63) is 310 Å². The Kier molecular flexibility index (Phi) is 29.8. The van der Waals surface area contributed by atoms with Gasteiger partial charge in [0.1, 0.15) is 23.5 Å². The second kappa shape index (κ2) is 38.9. The minimum atomic E-state index is -0.441. The van der Waals surface area contributed by atoms with Gasteiger partial charge in [-0.15, -0.1) is 32.9 Å². The summed E-state index contributed by atoms with van der Waals surface area (Å²) in [5, 5.41) is 7.45. The Hall–Kier alpha value is -14.3. The van der Waals surface area contributed by atoms with Gasteiger partial charge in [-0.1, -0.05) is 92.1 Å². The molecule has 13 N–H and O–H groups in total. The number of nitrogens with zero attached hydrogens (tertiary/aromatic N) is 14. The number of nitrogen functional groups attached to an aromatic ring is 3. The molecule has 0 atom stereocenters. The van der Waals surface area contributed by atoms with Gasteiger partial charge in [-0.25, -0.2) is 48.9 Å². The summed E-state index contributed by atoms with van der Waals surface area (Å²) in [7, 11) is 1.48. The van der Waals surface area contributed by atoms with Crippen LogP contribution >= 0.6 is 0 Å². The molecule has 101 heavy (non-hydrogen) atoms. The number of amides is 3. The smallest absolute Gasteiger partial charge is 0.349 e. The zero-order valence-electron chi connectivity index (χ0n) is 55.3. The Morgan fingerprint density at radius 1 is 0.515 bits per heavy atom. The van der Waals surface area contributed by atoms with Gasteiger partial charge in [0, 0.05) is 93.5 Å². The Morgan fingerprint density at radius 3 is 1.61 bits per heavy atom. The van der Waals surface area contributed by atoms with E-state index in [9.17, 15) is 47.9 Å². The molecule has 9 aromatic heterocycles. The number of nitrogens with two attached hydrogens (primary N) is 3. The van der Waals surface area contributed by atoms with E-state index in [4.69, 9.17) is 17.2 Å². The van der Waals surface area contributed by atoms with Crippen LogP contribution in [0, 0.1) is 13.8 Å². The van der Waals surface area contributed by atoms with Crippen molar-refractivity contribution in [3.63, 3.8) is 0 Å². The van der Waals surface area contributed by atoms with Gasteiger partial charge < -0.3 is 37.0 Å². The number of carbonyl (C=O) groups excluding carboxylic acids is 2. The average molecular weight is 1380 g/mol. The highest BCUT2D eigenvalue weighted by Gasteiger charge is 2.11. The number of hydrogen-bond acceptors (Lipinski definition) is 21. The molecule has 0 unspecified atom stereocenters. The van der Waals surface area contributed by atoms with Crippen LogP contribution in [0.5, 0.6) is 0 Å². The van der Waals surface area contributed by atoms with Crippen LogP contribution in [0.1, 0.15) is 38.2 Å². The summed E-state index contributed by atoms with van der Waals surface area (Å²) in [4.78, 5) is 152. The van der Waals surface area contributed by atoms with Crippen LogP contribution in [-0.2, 0) is 39.3 Å². The molecule has 2 aromatic carbocycles. The fourth-order valence-corrected chi connectivity index (χ4v) is 8.06. The van der Waals surface area contributed by atoms with E-state index < -0.39 is 23.1 Å². The number of aryl methyl sites for hydroxylation is 2. The monoisotopic (exact) mass is 1370 g/mol. The molecule has 34 nitrogen and oxygen atoms in total. The first-order valence-electron chi connectivity index (χ1n) is 29.9. The highest BCUT2D eigenvalue weighted by molar-refractivity contribution is 6.04. The van der Waals surface area contributed by atoms with Gasteiger partial charge >= 0.3 is 28.8 Å². The Morgan fingerprint density at radius 2 is 1.04 bits per heavy atom. The molecule has 0 aliphatic heterocycles. The third-order valence-corrected chi connectivity index (χ3v) is 13.0. The van der Waals surface area contributed by atoms with Crippen molar-refractivity contribution < 1.29 is 9.59 Å². The number of anilines is 5. The number of fused-ring (bicyclic) bond motifs is 2. The zero-order chi connectivity index (χ0) is 74.1. The van der Waals surface area contributed by atoms with E-state index in [1.807, 2.05) is 28.8 Å². The van der Waals surface area contributed by atoms with Crippen LogP contribution in [0.15, 0.2) is 231 Å². The van der Waals surface area contributed by atoms with Crippen LogP contribution < -0.4 is 78.1 Å². The van der Waals surface area contributed by atoms with E-state index in [-0.39, 0.29) is 51.5 Å². The lowest BCUT2D eigenvalue weighted by molar-refractivity contribution is 0.102. The Balaban J connectivity index is 0.000000215. The molecule has 522 valence electrons. The van der Waals surface area contributed by atoms with Crippen molar-refractivity contribution >= 4 is 75.8 Å². The maximum Gasteiger partial charge on any atom is 0.349 e. The highest BCUT2D eigenvalue weighted by Crippen LogP contribution is 2.15.